The van der Waals surface area contributed by atoms with Crippen molar-refractivity contribution in [1.29, 1.82) is 0 Å². The monoisotopic (exact) mass is 359 g/mol. The largest absolute Gasteiger partial charge is 0.507 e. The van der Waals surface area contributed by atoms with Crippen molar-refractivity contribution in [3.8, 4) is 11.5 Å². The summed E-state index contributed by atoms with van der Waals surface area (Å²) in [5.74, 6) is 0.624. The van der Waals surface area contributed by atoms with Crippen LogP contribution in [0.2, 0.25) is 0 Å². The van der Waals surface area contributed by atoms with Gasteiger partial charge in [0.25, 0.3) is 0 Å². The van der Waals surface area contributed by atoms with Crippen LogP contribution in [0.1, 0.15) is 55.7 Å². The molecule has 0 spiro atoms. The second-order valence-electron chi connectivity index (χ2n) is 7.26. The van der Waals surface area contributed by atoms with Crippen LogP contribution in [-0.4, -0.2) is 41.4 Å². The van der Waals surface area contributed by atoms with Gasteiger partial charge in [-0.1, -0.05) is 17.7 Å². The minimum absolute atomic E-state index is 0.118. The molecule has 4 nitrogen and oxygen atoms in total. The van der Waals surface area contributed by atoms with Crippen molar-refractivity contribution in [3.63, 3.8) is 0 Å². The summed E-state index contributed by atoms with van der Waals surface area (Å²) in [6, 6.07) is 1.81. The van der Waals surface area contributed by atoms with Crippen LogP contribution in [-0.2, 0) is 11.3 Å². The third-order valence-electron chi connectivity index (χ3n) is 5.07. The average Bonchev–Trinajstić information content (AvgIpc) is 2.60. The Balaban J connectivity index is 0.000000758. The molecule has 2 aliphatic rings. The normalized spacial score (nSPS) is 20.7. The van der Waals surface area contributed by atoms with E-state index in [0.29, 0.717) is 12.1 Å². The van der Waals surface area contributed by atoms with Crippen molar-refractivity contribution in [2.45, 2.75) is 52.5 Å². The van der Waals surface area contributed by atoms with Crippen LogP contribution in [0.3, 0.4) is 0 Å². The Hall–Kier alpha value is -1.78. The van der Waals surface area contributed by atoms with Crippen LogP contribution in [0, 0.1) is 6.92 Å². The number of phenols is 2. The van der Waals surface area contributed by atoms with Crippen LogP contribution >= 0.6 is 0 Å². The third kappa shape index (κ3) is 5.12. The molecular formula is C22H33NO3. The van der Waals surface area contributed by atoms with Gasteiger partial charge in [0.05, 0.1) is 13.2 Å². The van der Waals surface area contributed by atoms with Crippen molar-refractivity contribution in [2.75, 3.05) is 26.3 Å². The Morgan fingerprint density at radius 2 is 1.92 bits per heavy atom. The lowest BCUT2D eigenvalue weighted by atomic mass is 9.83. The van der Waals surface area contributed by atoms with E-state index in [9.17, 15) is 10.2 Å². The van der Waals surface area contributed by atoms with Gasteiger partial charge in [-0.3, -0.25) is 4.90 Å². The van der Waals surface area contributed by atoms with Crippen LogP contribution in [0.15, 0.2) is 30.4 Å². The molecule has 3 rings (SSSR count). The molecule has 0 aromatic heterocycles. The van der Waals surface area contributed by atoms with Gasteiger partial charge in [-0.15, -0.1) is 6.58 Å². The van der Waals surface area contributed by atoms with Gasteiger partial charge in [0.1, 0.15) is 11.5 Å². The highest BCUT2D eigenvalue weighted by Crippen LogP contribution is 2.43. The van der Waals surface area contributed by atoms with Crippen molar-refractivity contribution in [2.24, 2.45) is 0 Å². The molecule has 1 atom stereocenters. The summed E-state index contributed by atoms with van der Waals surface area (Å²) in [4.78, 5) is 2.30. The number of nitrogens with zero attached hydrogens (tertiary/aromatic N) is 1. The smallest absolute Gasteiger partial charge is 0.127 e. The fourth-order valence-electron chi connectivity index (χ4n) is 3.73. The van der Waals surface area contributed by atoms with Crippen molar-refractivity contribution in [1.82, 2.24) is 4.90 Å². The molecule has 0 radical (unpaired) electrons. The zero-order chi connectivity index (χ0) is 19.1. The molecule has 1 unspecified atom stereocenters. The third-order valence-corrected chi connectivity index (χ3v) is 5.07. The number of hydrogen-bond acceptors (Lipinski definition) is 4. The second-order valence-corrected chi connectivity index (χ2v) is 7.26. The van der Waals surface area contributed by atoms with E-state index in [1.807, 2.05) is 19.9 Å². The lowest BCUT2D eigenvalue weighted by Gasteiger charge is -2.29. The van der Waals surface area contributed by atoms with Crippen LogP contribution in [0.25, 0.3) is 0 Å². The van der Waals surface area contributed by atoms with Gasteiger partial charge in [0.2, 0.25) is 0 Å². The molecule has 26 heavy (non-hydrogen) atoms. The number of rotatable bonds is 3. The van der Waals surface area contributed by atoms with E-state index in [4.69, 9.17) is 4.74 Å². The van der Waals surface area contributed by atoms with Gasteiger partial charge in [-0.2, -0.15) is 0 Å². The minimum Gasteiger partial charge on any atom is -0.507 e. The van der Waals surface area contributed by atoms with Crippen LogP contribution in [0.4, 0.5) is 0 Å². The summed E-state index contributed by atoms with van der Waals surface area (Å²) in [6.07, 6.45) is 7.16. The predicted molar refractivity (Wildman–Crippen MR) is 107 cm³/mol. The first-order valence-electron chi connectivity index (χ1n) is 9.56. The first kappa shape index (κ1) is 20.5. The maximum Gasteiger partial charge on any atom is 0.127 e. The first-order chi connectivity index (χ1) is 12.5. The van der Waals surface area contributed by atoms with E-state index in [0.717, 1.165) is 56.7 Å². The molecule has 0 saturated carbocycles. The lowest BCUT2D eigenvalue weighted by molar-refractivity contribution is 0.0337. The van der Waals surface area contributed by atoms with Gasteiger partial charge in [-0.05, 0) is 51.7 Å². The molecule has 1 aliphatic carbocycles. The standard InChI is InChI=1S/C19H27NO3.C3H6/c1-13-4-3-5-15(10-13)18-17(21)11-14(2)16(19(18)22)12-20-6-8-23-9-7-20;1-3-2/h10-11,15,21-22H,3-9,12H2,1-2H3;3H,1H2,2H3. The van der Waals surface area contributed by atoms with Gasteiger partial charge in [0.15, 0.2) is 0 Å². The topological polar surface area (TPSA) is 52.9 Å². The Kier molecular flexibility index (Phi) is 7.73. The molecule has 2 N–H and O–H groups in total. The Morgan fingerprint density at radius 1 is 1.27 bits per heavy atom. The number of aromatic hydroxyl groups is 2. The zero-order valence-electron chi connectivity index (χ0n) is 16.4. The Bertz CT molecular complexity index is 645. The van der Waals surface area contributed by atoms with E-state index in [1.165, 1.54) is 5.57 Å². The predicted octanol–water partition coefficient (Wildman–Crippen LogP) is 4.64. The highest BCUT2D eigenvalue weighted by molar-refractivity contribution is 5.55. The summed E-state index contributed by atoms with van der Waals surface area (Å²) in [5.41, 5.74) is 3.94. The fourth-order valence-corrected chi connectivity index (χ4v) is 3.73. The van der Waals surface area contributed by atoms with Crippen molar-refractivity contribution < 1.29 is 14.9 Å². The van der Waals surface area contributed by atoms with Crippen LogP contribution in [0.5, 0.6) is 11.5 Å². The van der Waals surface area contributed by atoms with E-state index < -0.39 is 0 Å². The molecule has 144 valence electrons. The molecule has 1 aromatic carbocycles. The Morgan fingerprint density at radius 3 is 2.54 bits per heavy atom. The van der Waals surface area contributed by atoms with E-state index >= 15 is 0 Å². The number of morpholine rings is 1. The molecule has 1 fully saturated rings. The molecule has 1 heterocycles. The molecule has 4 heteroatoms. The number of benzene rings is 1. The van der Waals surface area contributed by atoms with Crippen molar-refractivity contribution >= 4 is 0 Å². The summed E-state index contributed by atoms with van der Waals surface area (Å²) in [6.45, 7) is 13.3. The van der Waals surface area contributed by atoms with Gasteiger partial charge in [-0.25, -0.2) is 0 Å². The molecule has 1 aromatic rings. The van der Waals surface area contributed by atoms with E-state index in [2.05, 4.69) is 24.5 Å². The summed E-state index contributed by atoms with van der Waals surface area (Å²) in [5, 5.41) is 21.3. The van der Waals surface area contributed by atoms with E-state index in [-0.39, 0.29) is 17.4 Å². The number of hydrogen-bond donors (Lipinski definition) is 2. The number of aryl methyl sites for hydroxylation is 1. The maximum absolute atomic E-state index is 10.9. The molecule has 1 aliphatic heterocycles. The zero-order valence-corrected chi connectivity index (χ0v) is 16.4. The summed E-state index contributed by atoms with van der Waals surface area (Å²) >= 11 is 0. The number of ether oxygens (including phenoxy) is 1. The second kappa shape index (κ2) is 9.79. The van der Waals surface area contributed by atoms with Crippen molar-refractivity contribution in [3.05, 3.63) is 47.1 Å². The number of allylic oxidation sites excluding steroid dienone is 3. The SMILES string of the molecule is C=CC.CC1=CC(c2c(O)cc(C)c(CN3CCOCC3)c2O)CCC1. The minimum atomic E-state index is 0.118. The molecular weight excluding hydrogens is 326 g/mol. The maximum atomic E-state index is 10.9. The van der Waals surface area contributed by atoms with Gasteiger partial charge >= 0.3 is 0 Å². The molecule has 0 bridgehead atoms. The molecule has 1 saturated heterocycles. The van der Waals surface area contributed by atoms with Gasteiger partial charge in [0, 0.05) is 36.7 Å². The lowest BCUT2D eigenvalue weighted by Crippen LogP contribution is -2.35. The fraction of sp³-hybridized carbons (Fsp3) is 0.545. The number of phenolic OH excluding ortho intramolecular Hbond substituents is 2. The highest BCUT2D eigenvalue weighted by atomic mass is 16.5. The van der Waals surface area contributed by atoms with E-state index in [1.54, 1.807) is 6.08 Å². The molecule has 0 amide bonds. The first-order valence-corrected chi connectivity index (χ1v) is 9.56. The summed E-state index contributed by atoms with van der Waals surface area (Å²) < 4.78 is 5.40. The van der Waals surface area contributed by atoms with Crippen LogP contribution < -0.4 is 0 Å². The average molecular weight is 360 g/mol. The Labute approximate surface area is 157 Å². The quantitative estimate of drug-likeness (QED) is 0.772. The summed E-state index contributed by atoms with van der Waals surface area (Å²) in [7, 11) is 0. The highest BCUT2D eigenvalue weighted by Gasteiger charge is 2.25. The van der Waals surface area contributed by atoms with Gasteiger partial charge < -0.3 is 14.9 Å².